The van der Waals surface area contributed by atoms with Crippen LogP contribution in [0.4, 0.5) is 20.5 Å². The van der Waals surface area contributed by atoms with Crippen molar-refractivity contribution in [2.75, 3.05) is 23.8 Å². The molecule has 0 spiro atoms. The van der Waals surface area contributed by atoms with Crippen molar-refractivity contribution in [1.29, 1.82) is 0 Å². The minimum atomic E-state index is -1.15. The van der Waals surface area contributed by atoms with Crippen LogP contribution in [0.25, 0.3) is 0 Å². The molecule has 0 amide bonds. The number of aliphatic hydroxyl groups excluding tert-OH is 3. The highest BCUT2D eigenvalue weighted by atomic mass is 19.1. The summed E-state index contributed by atoms with van der Waals surface area (Å²) in [5, 5.41) is 36.8. The first-order chi connectivity index (χ1) is 19.2. The molecule has 1 saturated carbocycles. The molecule has 1 aromatic carbocycles. The summed E-state index contributed by atoms with van der Waals surface area (Å²) < 4.78 is 40.3. The van der Waals surface area contributed by atoms with Gasteiger partial charge in [0.15, 0.2) is 0 Å². The number of ether oxygens (including phenoxy) is 2. The average Bonchev–Trinajstić information content (AvgIpc) is 3.45. The number of nitrogens with zero attached hydrogens (tertiary/aromatic N) is 3. The van der Waals surface area contributed by atoms with Crippen molar-refractivity contribution >= 4 is 11.8 Å². The van der Waals surface area contributed by atoms with Crippen molar-refractivity contribution in [3.05, 3.63) is 64.0 Å². The minimum Gasteiger partial charge on any atom is -0.483 e. The summed E-state index contributed by atoms with van der Waals surface area (Å²) in [6, 6.07) is 4.87. The van der Waals surface area contributed by atoms with Gasteiger partial charge in [0.1, 0.15) is 35.4 Å². The Balaban J connectivity index is 1.48. The van der Waals surface area contributed by atoms with Crippen molar-refractivity contribution < 1.29 is 33.6 Å². The number of pyridine rings is 1. The Hall–Kier alpha value is -3.61. The van der Waals surface area contributed by atoms with Crippen LogP contribution in [0.3, 0.4) is 0 Å². The zero-order valence-electron chi connectivity index (χ0n) is 22.5. The number of aromatic nitrogens is 3. The lowest BCUT2D eigenvalue weighted by Crippen LogP contribution is -2.36. The van der Waals surface area contributed by atoms with Crippen LogP contribution < -0.4 is 20.1 Å². The van der Waals surface area contributed by atoms with Gasteiger partial charge in [0.25, 0.3) is 0 Å². The second kappa shape index (κ2) is 11.5. The Morgan fingerprint density at radius 1 is 1.07 bits per heavy atom. The molecular weight excluding hydrogens is 524 g/mol. The zero-order chi connectivity index (χ0) is 28.6. The third kappa shape index (κ3) is 5.38. The fraction of sp³-hybridized carbons (Fsp3) is 0.464. The molecule has 5 rings (SSSR count). The fourth-order valence-corrected chi connectivity index (χ4v) is 5.42. The maximum Gasteiger partial charge on any atom is 0.225 e. The van der Waals surface area contributed by atoms with E-state index >= 15 is 0 Å². The summed E-state index contributed by atoms with van der Waals surface area (Å²) in [4.78, 5) is 13.6. The predicted molar refractivity (Wildman–Crippen MR) is 142 cm³/mol. The number of aliphatic hydroxyl groups is 3. The first-order valence-electron chi connectivity index (χ1n) is 13.3. The van der Waals surface area contributed by atoms with Crippen LogP contribution in [-0.2, 0) is 13.0 Å². The van der Waals surface area contributed by atoms with Gasteiger partial charge >= 0.3 is 0 Å². The summed E-state index contributed by atoms with van der Waals surface area (Å²) >= 11 is 0. The summed E-state index contributed by atoms with van der Waals surface area (Å²) in [6.45, 7) is 5.51. The third-order valence-electron chi connectivity index (χ3n) is 7.46. The van der Waals surface area contributed by atoms with Crippen LogP contribution in [0.5, 0.6) is 11.6 Å². The van der Waals surface area contributed by atoms with Crippen molar-refractivity contribution in [2.45, 2.75) is 64.5 Å². The molecule has 214 valence electrons. The van der Waals surface area contributed by atoms with Crippen molar-refractivity contribution in [2.24, 2.45) is 5.92 Å². The van der Waals surface area contributed by atoms with Gasteiger partial charge < -0.3 is 35.4 Å². The molecule has 10 nitrogen and oxygen atoms in total. The molecule has 1 aliphatic heterocycles. The molecule has 1 aliphatic carbocycles. The Bertz CT molecular complexity index is 1370. The molecule has 1 unspecified atom stereocenters. The van der Waals surface area contributed by atoms with Gasteiger partial charge in [0.2, 0.25) is 11.8 Å². The summed E-state index contributed by atoms with van der Waals surface area (Å²) in [5.74, 6) is -0.273. The molecular formula is C28H33F2N5O5. The lowest BCUT2D eigenvalue weighted by Gasteiger charge is -2.24. The van der Waals surface area contributed by atoms with E-state index in [1.165, 1.54) is 18.2 Å². The van der Waals surface area contributed by atoms with Crippen LogP contribution >= 0.6 is 0 Å². The second-order valence-electron chi connectivity index (χ2n) is 10.1. The van der Waals surface area contributed by atoms with E-state index in [1.54, 1.807) is 6.92 Å². The SMILES string of the molecule is CCOc1cc2c(c(C)n1)OC(c1c(C)nc(NCc3c(F)cccc3F)nc1N[C@@H]1C[C@H](CO)[C@@H](O)[C@H]1O)C2. The van der Waals surface area contributed by atoms with Crippen LogP contribution in [0, 0.1) is 31.4 Å². The smallest absolute Gasteiger partial charge is 0.225 e. The largest absolute Gasteiger partial charge is 0.483 e. The van der Waals surface area contributed by atoms with Gasteiger partial charge in [-0.05, 0) is 39.3 Å². The quantitative estimate of drug-likeness (QED) is 0.267. The van der Waals surface area contributed by atoms with Crippen LogP contribution in [0.2, 0.25) is 0 Å². The molecule has 40 heavy (non-hydrogen) atoms. The molecule has 1 fully saturated rings. The standard InChI is InChI=1S/C28H33F2N5O5/c1-4-39-22-10-15-9-21(40-26(15)14(3)32-22)23-13(2)33-28(31-11-17-18(29)6-5-7-19(17)30)35-27(23)34-20-8-16(12-36)24(37)25(20)38/h5-7,10,16,20-21,24-25,36-38H,4,8-9,11-12H2,1-3H3,(H2,31,33,34,35)/t16-,20-,21?,24-,25+/m1/s1. The van der Waals surface area contributed by atoms with E-state index in [1.807, 2.05) is 19.9 Å². The van der Waals surface area contributed by atoms with Crippen LogP contribution in [0.1, 0.15) is 47.5 Å². The minimum absolute atomic E-state index is 0.116. The Labute approximate surface area is 230 Å². The van der Waals surface area contributed by atoms with Gasteiger partial charge in [-0.15, -0.1) is 0 Å². The van der Waals surface area contributed by atoms with Crippen molar-refractivity contribution in [3.8, 4) is 11.6 Å². The van der Waals surface area contributed by atoms with E-state index in [4.69, 9.17) is 9.47 Å². The number of fused-ring (bicyclic) bond motifs is 1. The lowest BCUT2D eigenvalue weighted by molar-refractivity contribution is 0.00444. The molecule has 0 saturated heterocycles. The molecule has 2 aromatic heterocycles. The van der Waals surface area contributed by atoms with Gasteiger partial charge in [0.05, 0.1) is 35.7 Å². The van der Waals surface area contributed by atoms with Gasteiger partial charge in [-0.2, -0.15) is 4.98 Å². The van der Waals surface area contributed by atoms with Gasteiger partial charge in [-0.25, -0.2) is 18.7 Å². The number of nitrogens with one attached hydrogen (secondary N) is 2. The van der Waals surface area contributed by atoms with Crippen molar-refractivity contribution in [3.63, 3.8) is 0 Å². The average molecular weight is 558 g/mol. The number of rotatable bonds is 9. The van der Waals surface area contributed by atoms with E-state index in [0.29, 0.717) is 53.8 Å². The fourth-order valence-electron chi connectivity index (χ4n) is 5.42. The van der Waals surface area contributed by atoms with E-state index < -0.39 is 41.9 Å². The monoisotopic (exact) mass is 557 g/mol. The predicted octanol–water partition coefficient (Wildman–Crippen LogP) is 2.97. The van der Waals surface area contributed by atoms with E-state index in [0.717, 1.165) is 5.56 Å². The molecule has 0 radical (unpaired) electrons. The first-order valence-corrected chi connectivity index (χ1v) is 13.3. The molecule has 0 bridgehead atoms. The molecule has 5 N–H and O–H groups in total. The molecule has 3 heterocycles. The highest BCUT2D eigenvalue weighted by Crippen LogP contribution is 2.43. The van der Waals surface area contributed by atoms with E-state index in [-0.39, 0.29) is 24.7 Å². The number of hydrogen-bond acceptors (Lipinski definition) is 10. The summed E-state index contributed by atoms with van der Waals surface area (Å²) in [7, 11) is 0. The maximum absolute atomic E-state index is 14.2. The number of aryl methyl sites for hydroxylation is 2. The number of halogens is 2. The molecule has 3 aromatic rings. The Morgan fingerprint density at radius 3 is 2.50 bits per heavy atom. The summed E-state index contributed by atoms with van der Waals surface area (Å²) in [5.41, 5.74) is 2.63. The second-order valence-corrected chi connectivity index (χ2v) is 10.1. The normalized spacial score (nSPS) is 23.6. The molecule has 2 aliphatic rings. The highest BCUT2D eigenvalue weighted by Gasteiger charge is 2.42. The number of benzene rings is 1. The summed E-state index contributed by atoms with van der Waals surface area (Å²) in [6.07, 6.45) is -1.96. The van der Waals surface area contributed by atoms with Crippen molar-refractivity contribution in [1.82, 2.24) is 15.0 Å². The number of hydrogen-bond donors (Lipinski definition) is 5. The first kappa shape index (κ1) is 27.9. The van der Waals surface area contributed by atoms with E-state index in [2.05, 4.69) is 25.6 Å². The highest BCUT2D eigenvalue weighted by molar-refractivity contribution is 5.56. The third-order valence-corrected chi connectivity index (χ3v) is 7.46. The van der Waals surface area contributed by atoms with E-state index in [9.17, 15) is 24.1 Å². The Kier molecular flexibility index (Phi) is 8.02. The Morgan fingerprint density at radius 2 is 1.82 bits per heavy atom. The molecule has 5 atom stereocenters. The van der Waals surface area contributed by atoms with Gasteiger partial charge in [0, 0.05) is 42.7 Å². The van der Waals surface area contributed by atoms with Gasteiger partial charge in [-0.1, -0.05) is 6.07 Å². The lowest BCUT2D eigenvalue weighted by atomic mass is 10.0. The van der Waals surface area contributed by atoms with Crippen LogP contribution in [-0.4, -0.2) is 61.7 Å². The topological polar surface area (TPSA) is 142 Å². The zero-order valence-corrected chi connectivity index (χ0v) is 22.5. The molecule has 12 heteroatoms. The number of anilines is 2. The maximum atomic E-state index is 14.2. The van der Waals surface area contributed by atoms with Crippen LogP contribution in [0.15, 0.2) is 24.3 Å². The van der Waals surface area contributed by atoms with Gasteiger partial charge in [-0.3, -0.25) is 0 Å².